The molecule has 0 aliphatic heterocycles. The Morgan fingerprint density at radius 1 is 1.00 bits per heavy atom. The molecule has 1 saturated carbocycles. The first-order valence-corrected chi connectivity index (χ1v) is 5.42. The molecule has 1 aliphatic carbocycles. The molecule has 0 aromatic heterocycles. The van der Waals surface area contributed by atoms with Crippen LogP contribution in [-0.4, -0.2) is 6.04 Å². The second kappa shape index (κ2) is 5.01. The number of benzene rings is 1. The molecule has 0 unspecified atom stereocenters. The van der Waals surface area contributed by atoms with Crippen LogP contribution in [0.15, 0.2) is 30.3 Å². The summed E-state index contributed by atoms with van der Waals surface area (Å²) in [7, 11) is 0. The number of hydrogen-bond donors (Lipinski definition) is 1. The normalized spacial score (nSPS) is 18.0. The molecule has 0 bridgehead atoms. The molecule has 0 radical (unpaired) electrons. The summed E-state index contributed by atoms with van der Waals surface area (Å²) in [4.78, 5) is 5.50. The van der Waals surface area contributed by atoms with Crippen LogP contribution in [0.4, 0.5) is 0 Å². The summed E-state index contributed by atoms with van der Waals surface area (Å²) in [5.41, 5.74) is 3.14. The first-order chi connectivity index (χ1) is 6.95. The smallest absolute Gasteiger partial charge is 0.147 e. The first kappa shape index (κ1) is 9.53. The van der Waals surface area contributed by atoms with E-state index >= 15 is 0 Å². The highest BCUT2D eigenvalue weighted by molar-refractivity contribution is 5.20. The first-order valence-electron chi connectivity index (χ1n) is 5.42. The van der Waals surface area contributed by atoms with E-state index in [-0.39, 0.29) is 0 Å². The molecule has 1 aromatic rings. The highest BCUT2D eigenvalue weighted by atomic mass is 16.6. The zero-order valence-corrected chi connectivity index (χ0v) is 8.41. The summed E-state index contributed by atoms with van der Waals surface area (Å²) in [5, 5.41) is 0. The van der Waals surface area contributed by atoms with Gasteiger partial charge < -0.3 is 4.84 Å². The largest absolute Gasteiger partial charge is 0.408 e. The number of hydrogen-bond acceptors (Lipinski definition) is 2. The van der Waals surface area contributed by atoms with Gasteiger partial charge in [0, 0.05) is 6.04 Å². The average Bonchev–Trinajstić information content (AvgIpc) is 2.29. The van der Waals surface area contributed by atoms with Crippen LogP contribution in [0, 0.1) is 0 Å². The Labute approximate surface area is 85.2 Å². The Morgan fingerprint density at radius 2 is 1.71 bits per heavy atom. The lowest BCUT2D eigenvalue weighted by Gasteiger charge is -2.22. The maximum absolute atomic E-state index is 5.50. The topological polar surface area (TPSA) is 21.3 Å². The van der Waals surface area contributed by atoms with Crippen LogP contribution in [0.5, 0.6) is 5.75 Å². The van der Waals surface area contributed by atoms with Gasteiger partial charge in [0.15, 0.2) is 0 Å². The maximum atomic E-state index is 5.50. The van der Waals surface area contributed by atoms with E-state index < -0.39 is 0 Å². The van der Waals surface area contributed by atoms with E-state index in [9.17, 15) is 0 Å². The number of rotatable bonds is 3. The quantitative estimate of drug-likeness (QED) is 0.742. The molecule has 14 heavy (non-hydrogen) atoms. The van der Waals surface area contributed by atoms with Crippen LogP contribution in [0.25, 0.3) is 0 Å². The molecule has 0 spiro atoms. The Bertz CT molecular complexity index is 254. The Morgan fingerprint density at radius 3 is 2.43 bits per heavy atom. The third-order valence-electron chi connectivity index (χ3n) is 2.69. The van der Waals surface area contributed by atoms with Crippen LogP contribution in [0.2, 0.25) is 0 Å². The lowest BCUT2D eigenvalue weighted by atomic mass is 9.96. The molecule has 0 amide bonds. The van der Waals surface area contributed by atoms with Gasteiger partial charge in [-0.1, -0.05) is 37.5 Å². The SMILES string of the molecule is c1ccc(ONC2CCCCC2)cc1. The second-order valence-corrected chi connectivity index (χ2v) is 3.87. The van der Waals surface area contributed by atoms with Crippen LogP contribution < -0.4 is 10.3 Å². The van der Waals surface area contributed by atoms with Gasteiger partial charge in [-0.25, -0.2) is 0 Å². The van der Waals surface area contributed by atoms with Gasteiger partial charge in [0.05, 0.1) is 0 Å². The second-order valence-electron chi connectivity index (χ2n) is 3.87. The monoisotopic (exact) mass is 191 g/mol. The fraction of sp³-hybridized carbons (Fsp3) is 0.500. The van der Waals surface area contributed by atoms with E-state index in [1.807, 2.05) is 30.3 Å². The molecule has 0 saturated heterocycles. The van der Waals surface area contributed by atoms with Crippen molar-refractivity contribution in [2.75, 3.05) is 0 Å². The minimum atomic E-state index is 0.545. The molecule has 1 aromatic carbocycles. The third-order valence-corrected chi connectivity index (χ3v) is 2.69. The van der Waals surface area contributed by atoms with Crippen LogP contribution in [-0.2, 0) is 0 Å². The predicted octanol–water partition coefficient (Wildman–Crippen LogP) is 2.90. The van der Waals surface area contributed by atoms with E-state index in [2.05, 4.69) is 5.48 Å². The van der Waals surface area contributed by atoms with Gasteiger partial charge >= 0.3 is 0 Å². The minimum absolute atomic E-state index is 0.545. The van der Waals surface area contributed by atoms with Crippen molar-refractivity contribution in [2.24, 2.45) is 0 Å². The van der Waals surface area contributed by atoms with Gasteiger partial charge in [-0.2, -0.15) is 5.48 Å². The highest BCUT2D eigenvalue weighted by Gasteiger charge is 2.12. The van der Waals surface area contributed by atoms with Gasteiger partial charge in [0.2, 0.25) is 0 Å². The Balaban J connectivity index is 1.76. The fourth-order valence-electron chi connectivity index (χ4n) is 1.86. The molecular weight excluding hydrogens is 174 g/mol. The van der Waals surface area contributed by atoms with Crippen molar-refractivity contribution in [2.45, 2.75) is 38.1 Å². The molecule has 76 valence electrons. The van der Waals surface area contributed by atoms with E-state index in [0.29, 0.717) is 6.04 Å². The average molecular weight is 191 g/mol. The number of para-hydroxylation sites is 1. The van der Waals surface area contributed by atoms with Crippen molar-refractivity contribution < 1.29 is 4.84 Å². The van der Waals surface area contributed by atoms with Crippen molar-refractivity contribution in [1.29, 1.82) is 0 Å². The number of hydroxylamine groups is 1. The van der Waals surface area contributed by atoms with E-state index in [1.165, 1.54) is 32.1 Å². The maximum Gasteiger partial charge on any atom is 0.147 e. The minimum Gasteiger partial charge on any atom is -0.408 e. The predicted molar refractivity (Wildman–Crippen MR) is 57.1 cm³/mol. The van der Waals surface area contributed by atoms with Crippen LogP contribution in [0.3, 0.4) is 0 Å². The molecular formula is C12H17NO. The van der Waals surface area contributed by atoms with Gasteiger partial charge in [0.25, 0.3) is 0 Å². The Hall–Kier alpha value is -1.02. The van der Waals surface area contributed by atoms with Gasteiger partial charge in [-0.15, -0.1) is 0 Å². The summed E-state index contributed by atoms with van der Waals surface area (Å²) in [6.45, 7) is 0. The molecule has 0 atom stereocenters. The molecule has 1 N–H and O–H groups in total. The van der Waals surface area contributed by atoms with Crippen molar-refractivity contribution in [3.8, 4) is 5.75 Å². The van der Waals surface area contributed by atoms with Crippen molar-refractivity contribution in [1.82, 2.24) is 5.48 Å². The van der Waals surface area contributed by atoms with Crippen molar-refractivity contribution in [3.63, 3.8) is 0 Å². The molecule has 2 rings (SSSR count). The number of nitrogens with one attached hydrogen (secondary N) is 1. The molecule has 1 fully saturated rings. The van der Waals surface area contributed by atoms with E-state index in [0.717, 1.165) is 5.75 Å². The molecule has 2 heteroatoms. The Kier molecular flexibility index (Phi) is 3.41. The molecule has 2 nitrogen and oxygen atoms in total. The third kappa shape index (κ3) is 2.74. The summed E-state index contributed by atoms with van der Waals surface area (Å²) in [6, 6.07) is 10.4. The molecule has 0 heterocycles. The van der Waals surface area contributed by atoms with Crippen LogP contribution in [0.1, 0.15) is 32.1 Å². The summed E-state index contributed by atoms with van der Waals surface area (Å²) < 4.78 is 0. The van der Waals surface area contributed by atoms with Crippen molar-refractivity contribution >= 4 is 0 Å². The highest BCUT2D eigenvalue weighted by Crippen LogP contribution is 2.18. The standard InChI is InChI=1S/C12H17NO/c1-3-7-11(8-4-1)13-14-12-9-5-2-6-10-12/h2,5-6,9-11,13H,1,3-4,7-8H2. The molecule has 1 aliphatic rings. The summed E-state index contributed by atoms with van der Waals surface area (Å²) in [6.07, 6.45) is 6.52. The van der Waals surface area contributed by atoms with Gasteiger partial charge in [0.1, 0.15) is 5.75 Å². The van der Waals surface area contributed by atoms with Crippen molar-refractivity contribution in [3.05, 3.63) is 30.3 Å². The van der Waals surface area contributed by atoms with Gasteiger partial charge in [-0.05, 0) is 25.0 Å². The zero-order valence-electron chi connectivity index (χ0n) is 8.41. The zero-order chi connectivity index (χ0) is 9.64. The van der Waals surface area contributed by atoms with E-state index in [1.54, 1.807) is 0 Å². The lowest BCUT2D eigenvalue weighted by Crippen LogP contribution is -2.33. The van der Waals surface area contributed by atoms with Crippen LogP contribution >= 0.6 is 0 Å². The summed E-state index contributed by atoms with van der Waals surface area (Å²) >= 11 is 0. The van der Waals surface area contributed by atoms with E-state index in [4.69, 9.17) is 4.84 Å². The fourth-order valence-corrected chi connectivity index (χ4v) is 1.86. The lowest BCUT2D eigenvalue weighted by molar-refractivity contribution is 0.133. The summed E-state index contributed by atoms with van der Waals surface area (Å²) in [5.74, 6) is 0.901. The van der Waals surface area contributed by atoms with Gasteiger partial charge in [-0.3, -0.25) is 0 Å².